The van der Waals surface area contributed by atoms with E-state index in [4.69, 9.17) is 39.5 Å². The number of anilines is 2. The molecule has 192 valence electrons. The van der Waals surface area contributed by atoms with E-state index < -0.39 is 11.8 Å². The van der Waals surface area contributed by atoms with Crippen LogP contribution in [0.25, 0.3) is 0 Å². The maximum atomic E-state index is 13.2. The summed E-state index contributed by atoms with van der Waals surface area (Å²) < 4.78 is 5.39. The van der Waals surface area contributed by atoms with E-state index in [0.717, 1.165) is 18.7 Å². The molecule has 4 N–H and O–H groups in total. The molecule has 0 unspecified atom stereocenters. The van der Waals surface area contributed by atoms with Gasteiger partial charge in [-0.2, -0.15) is 0 Å². The summed E-state index contributed by atoms with van der Waals surface area (Å²) in [5, 5.41) is 15.0. The molecule has 8 nitrogen and oxygen atoms in total. The zero-order valence-corrected chi connectivity index (χ0v) is 23.7. The molecule has 0 atom stereocenters. The van der Waals surface area contributed by atoms with Crippen molar-refractivity contribution in [2.24, 2.45) is 0 Å². The Morgan fingerprint density at radius 3 is 2.50 bits per heavy atom. The number of hydrogen-bond donors (Lipinski definition) is 4. The number of hydrogen-bond acceptors (Lipinski definition) is 7. The van der Waals surface area contributed by atoms with Crippen LogP contribution >= 0.6 is 54.2 Å². The number of pyridine rings is 1. The van der Waals surface area contributed by atoms with Crippen LogP contribution < -0.4 is 25.8 Å². The van der Waals surface area contributed by atoms with E-state index in [1.165, 1.54) is 36.8 Å². The number of nitrogens with one attached hydrogen (secondary N) is 4. The highest BCUT2D eigenvalue weighted by Crippen LogP contribution is 2.35. The Hall–Kier alpha value is -1.97. The number of benzene rings is 1. The SMILES string of the molecule is COc1cc(Cl)cc(C(=O)Nc2ccc(Cl)cn2)c1NC(=O)c1scc(CNCCNP(C)C)c1Cl. The Bertz CT molecular complexity index is 1220. The highest BCUT2D eigenvalue weighted by atomic mass is 35.5. The lowest BCUT2D eigenvalue weighted by Gasteiger charge is -2.15. The van der Waals surface area contributed by atoms with Crippen molar-refractivity contribution in [1.82, 2.24) is 15.4 Å². The largest absolute Gasteiger partial charge is 0.494 e. The molecular weight excluding hydrogens is 564 g/mol. The van der Waals surface area contributed by atoms with Crippen LogP contribution in [0.4, 0.5) is 11.5 Å². The summed E-state index contributed by atoms with van der Waals surface area (Å²) in [4.78, 5) is 30.6. The van der Waals surface area contributed by atoms with Gasteiger partial charge in [-0.25, -0.2) is 4.98 Å². The van der Waals surface area contributed by atoms with E-state index in [-0.39, 0.29) is 35.9 Å². The summed E-state index contributed by atoms with van der Waals surface area (Å²) in [6.45, 7) is 6.45. The third-order valence-corrected chi connectivity index (χ3v) is 7.66. The van der Waals surface area contributed by atoms with Crippen molar-refractivity contribution >= 4 is 77.5 Å². The Morgan fingerprint density at radius 1 is 1.06 bits per heavy atom. The fourth-order valence-electron chi connectivity index (χ4n) is 3.10. The summed E-state index contributed by atoms with van der Waals surface area (Å²) in [7, 11) is 1.26. The smallest absolute Gasteiger partial charge is 0.267 e. The van der Waals surface area contributed by atoms with Gasteiger partial charge in [-0.05, 0) is 50.5 Å². The fourth-order valence-corrected chi connectivity index (χ4v) is 5.24. The average molecular weight is 589 g/mol. The number of rotatable bonds is 11. The molecule has 1 aromatic carbocycles. The first-order valence-corrected chi connectivity index (χ1v) is 14.9. The number of thiophene rings is 1. The molecule has 0 radical (unpaired) electrons. The standard InChI is InChI=1S/C23H25Cl3N5O3PS/c1-34-17-9-15(25)8-16(22(32)30-18-5-4-14(24)11-28-18)20(17)31-23(33)21-19(26)13(12-36-21)10-27-6-7-29-35(2)3/h4-5,8-9,11-12,27,29H,6-7,10H2,1-3H3,(H,31,33)(H,28,30,32). The van der Waals surface area contributed by atoms with Crippen molar-refractivity contribution in [3.05, 3.63) is 66.9 Å². The van der Waals surface area contributed by atoms with Gasteiger partial charge >= 0.3 is 0 Å². The number of methoxy groups -OCH3 is 1. The van der Waals surface area contributed by atoms with Gasteiger partial charge in [0.1, 0.15) is 16.4 Å². The van der Waals surface area contributed by atoms with Gasteiger partial charge in [0, 0.05) is 36.9 Å². The average Bonchev–Trinajstić information content (AvgIpc) is 3.21. The van der Waals surface area contributed by atoms with Crippen molar-refractivity contribution in [2.45, 2.75) is 6.54 Å². The third kappa shape index (κ3) is 7.76. The number of ether oxygens (including phenoxy) is 1. The summed E-state index contributed by atoms with van der Waals surface area (Å²) in [6.07, 6.45) is 1.41. The lowest BCUT2D eigenvalue weighted by atomic mass is 10.1. The van der Waals surface area contributed by atoms with Gasteiger partial charge in [-0.1, -0.05) is 34.8 Å². The van der Waals surface area contributed by atoms with Gasteiger partial charge in [0.05, 0.1) is 28.4 Å². The monoisotopic (exact) mass is 587 g/mol. The molecule has 13 heteroatoms. The summed E-state index contributed by atoms with van der Waals surface area (Å²) in [5.41, 5.74) is 1.07. The van der Waals surface area contributed by atoms with E-state index in [1.54, 1.807) is 12.1 Å². The fraction of sp³-hybridized carbons (Fsp3) is 0.261. The number of aromatic nitrogens is 1. The molecule has 0 fully saturated rings. The van der Waals surface area contributed by atoms with E-state index in [1.807, 2.05) is 5.38 Å². The first-order chi connectivity index (χ1) is 17.2. The van der Waals surface area contributed by atoms with Gasteiger partial charge in [-0.3, -0.25) is 14.7 Å². The van der Waals surface area contributed by atoms with Crippen LogP contribution in [0.3, 0.4) is 0 Å². The first-order valence-electron chi connectivity index (χ1n) is 10.7. The van der Waals surface area contributed by atoms with Gasteiger partial charge in [0.2, 0.25) is 0 Å². The number of carbonyl (C=O) groups excluding carboxylic acids is 2. The number of amides is 2. The minimum absolute atomic E-state index is 0.0957. The van der Waals surface area contributed by atoms with Gasteiger partial charge in [-0.15, -0.1) is 11.3 Å². The zero-order chi connectivity index (χ0) is 26.2. The zero-order valence-electron chi connectivity index (χ0n) is 19.7. The molecular formula is C23H25Cl3N5O3PS. The molecule has 0 bridgehead atoms. The van der Waals surface area contributed by atoms with Crippen LogP contribution in [0.15, 0.2) is 35.8 Å². The van der Waals surface area contributed by atoms with E-state index in [9.17, 15) is 9.59 Å². The number of nitrogens with zero attached hydrogens (tertiary/aromatic N) is 1. The molecule has 0 saturated heterocycles. The predicted molar refractivity (Wildman–Crippen MR) is 151 cm³/mol. The maximum absolute atomic E-state index is 13.2. The molecule has 0 spiro atoms. The lowest BCUT2D eigenvalue weighted by Crippen LogP contribution is -2.24. The third-order valence-electron chi connectivity index (χ3n) is 4.79. The Labute approximate surface area is 229 Å². The van der Waals surface area contributed by atoms with E-state index in [0.29, 0.717) is 21.5 Å². The van der Waals surface area contributed by atoms with Gasteiger partial charge in [0.15, 0.2) is 0 Å². The van der Waals surface area contributed by atoms with Crippen LogP contribution in [0.5, 0.6) is 5.75 Å². The van der Waals surface area contributed by atoms with E-state index in [2.05, 4.69) is 39.4 Å². The molecule has 0 aliphatic carbocycles. The predicted octanol–water partition coefficient (Wildman–Crippen LogP) is 5.95. The molecule has 2 heterocycles. The minimum atomic E-state index is -0.542. The highest BCUT2D eigenvalue weighted by Gasteiger charge is 2.23. The molecule has 0 aliphatic heterocycles. The normalized spacial score (nSPS) is 11.0. The summed E-state index contributed by atoms with van der Waals surface area (Å²) in [6, 6.07) is 6.09. The maximum Gasteiger partial charge on any atom is 0.267 e. The second kappa shape index (κ2) is 13.5. The van der Waals surface area contributed by atoms with Crippen molar-refractivity contribution in [3.8, 4) is 5.75 Å². The first kappa shape index (κ1) is 28.6. The Morgan fingerprint density at radius 2 is 1.83 bits per heavy atom. The van der Waals surface area contributed by atoms with Gasteiger partial charge < -0.3 is 20.7 Å². The van der Waals surface area contributed by atoms with Crippen molar-refractivity contribution in [3.63, 3.8) is 0 Å². The molecule has 36 heavy (non-hydrogen) atoms. The van der Waals surface area contributed by atoms with Crippen molar-refractivity contribution < 1.29 is 14.3 Å². The Kier molecular flexibility index (Phi) is 10.8. The van der Waals surface area contributed by atoms with E-state index >= 15 is 0 Å². The topological polar surface area (TPSA) is 104 Å². The van der Waals surface area contributed by atoms with Crippen molar-refractivity contribution in [2.75, 3.05) is 44.2 Å². The van der Waals surface area contributed by atoms with Crippen LogP contribution in [0.2, 0.25) is 15.1 Å². The Balaban J connectivity index is 1.78. The number of halogens is 3. The second-order valence-corrected chi connectivity index (χ2v) is 11.9. The summed E-state index contributed by atoms with van der Waals surface area (Å²) >= 11 is 19.8. The molecule has 2 amide bonds. The van der Waals surface area contributed by atoms with Crippen LogP contribution in [0.1, 0.15) is 25.6 Å². The van der Waals surface area contributed by atoms with Crippen molar-refractivity contribution in [1.29, 1.82) is 0 Å². The molecule has 3 aromatic rings. The minimum Gasteiger partial charge on any atom is -0.494 e. The quantitative estimate of drug-likeness (QED) is 0.163. The molecule has 3 rings (SSSR count). The summed E-state index contributed by atoms with van der Waals surface area (Å²) in [5.74, 6) is -0.512. The molecule has 0 aliphatic rings. The van der Waals surface area contributed by atoms with Gasteiger partial charge in [0.25, 0.3) is 11.8 Å². The highest BCUT2D eigenvalue weighted by molar-refractivity contribution is 7.53. The van der Waals surface area contributed by atoms with Crippen LogP contribution in [-0.4, -0.2) is 50.3 Å². The van der Waals surface area contributed by atoms with Crippen LogP contribution in [0, 0.1) is 0 Å². The lowest BCUT2D eigenvalue weighted by molar-refractivity contribution is 0.102. The van der Waals surface area contributed by atoms with Crippen LogP contribution in [-0.2, 0) is 6.54 Å². The molecule has 2 aromatic heterocycles. The second-order valence-electron chi connectivity index (χ2n) is 7.68. The number of carbonyl (C=O) groups is 2. The molecule has 0 saturated carbocycles.